The van der Waals surface area contributed by atoms with Crippen molar-refractivity contribution in [1.29, 1.82) is 0 Å². The predicted octanol–water partition coefficient (Wildman–Crippen LogP) is 3.16. The van der Waals surface area contributed by atoms with Gasteiger partial charge in [-0.2, -0.15) is 5.10 Å². The van der Waals surface area contributed by atoms with Gasteiger partial charge in [0.1, 0.15) is 17.5 Å². The van der Waals surface area contributed by atoms with Gasteiger partial charge in [-0.25, -0.2) is 0 Å². The second kappa shape index (κ2) is 5.45. The highest BCUT2D eigenvalue weighted by Crippen LogP contribution is 2.23. The molecule has 0 spiro atoms. The van der Waals surface area contributed by atoms with Crippen LogP contribution >= 0.6 is 11.6 Å². The van der Waals surface area contributed by atoms with E-state index < -0.39 is 0 Å². The molecule has 0 saturated carbocycles. The van der Waals surface area contributed by atoms with E-state index in [1.165, 1.54) is 6.92 Å². The van der Waals surface area contributed by atoms with Crippen LogP contribution in [0.4, 0.5) is 0 Å². The molecule has 2 aromatic rings. The van der Waals surface area contributed by atoms with Crippen molar-refractivity contribution in [3.05, 3.63) is 46.2 Å². The molecule has 0 saturated heterocycles. The summed E-state index contributed by atoms with van der Waals surface area (Å²) in [4.78, 5) is 11.5. The third-order valence-corrected chi connectivity index (χ3v) is 3.38. The van der Waals surface area contributed by atoms with E-state index in [-0.39, 0.29) is 5.78 Å². The fourth-order valence-corrected chi connectivity index (χ4v) is 2.10. The SMILES string of the molecule is CC(=O)c1ccccc1OCc1c(C)nn(C)c1Cl. The van der Waals surface area contributed by atoms with Crippen molar-refractivity contribution >= 4 is 17.4 Å². The average Bonchev–Trinajstić information content (AvgIpc) is 2.61. The summed E-state index contributed by atoms with van der Waals surface area (Å²) in [5, 5.41) is 4.77. The smallest absolute Gasteiger partial charge is 0.163 e. The summed E-state index contributed by atoms with van der Waals surface area (Å²) in [5.41, 5.74) is 2.23. The van der Waals surface area contributed by atoms with Gasteiger partial charge in [0.15, 0.2) is 5.78 Å². The number of hydrogen-bond acceptors (Lipinski definition) is 3. The number of carbonyl (C=O) groups excluding carboxylic acids is 1. The van der Waals surface area contributed by atoms with Crippen molar-refractivity contribution < 1.29 is 9.53 Å². The highest BCUT2D eigenvalue weighted by molar-refractivity contribution is 6.30. The first kappa shape index (κ1) is 13.6. The fraction of sp³-hybridized carbons (Fsp3) is 0.286. The maximum absolute atomic E-state index is 11.5. The van der Waals surface area contributed by atoms with E-state index in [1.807, 2.05) is 19.1 Å². The maximum Gasteiger partial charge on any atom is 0.163 e. The molecule has 0 atom stereocenters. The summed E-state index contributed by atoms with van der Waals surface area (Å²) in [6.07, 6.45) is 0. The molecule has 1 heterocycles. The van der Waals surface area contributed by atoms with Crippen LogP contribution in [0.3, 0.4) is 0 Å². The molecule has 4 nitrogen and oxygen atoms in total. The van der Waals surface area contributed by atoms with Crippen molar-refractivity contribution in [2.45, 2.75) is 20.5 Å². The Balaban J connectivity index is 2.22. The van der Waals surface area contributed by atoms with Crippen LogP contribution in [0.15, 0.2) is 24.3 Å². The monoisotopic (exact) mass is 278 g/mol. The van der Waals surface area contributed by atoms with Crippen molar-refractivity contribution in [1.82, 2.24) is 9.78 Å². The topological polar surface area (TPSA) is 44.1 Å². The van der Waals surface area contributed by atoms with Crippen molar-refractivity contribution in [2.24, 2.45) is 7.05 Å². The van der Waals surface area contributed by atoms with Gasteiger partial charge >= 0.3 is 0 Å². The molecule has 100 valence electrons. The van der Waals surface area contributed by atoms with E-state index >= 15 is 0 Å². The Morgan fingerprint density at radius 1 is 1.42 bits per heavy atom. The van der Waals surface area contributed by atoms with Gasteiger partial charge in [-0.3, -0.25) is 9.48 Å². The number of ketones is 1. The zero-order valence-electron chi connectivity index (χ0n) is 11.1. The molecule has 1 aromatic heterocycles. The summed E-state index contributed by atoms with van der Waals surface area (Å²) < 4.78 is 7.30. The Hall–Kier alpha value is -1.81. The van der Waals surface area contributed by atoms with Gasteiger partial charge in [0, 0.05) is 12.6 Å². The number of aromatic nitrogens is 2. The molecule has 0 amide bonds. The van der Waals surface area contributed by atoms with Gasteiger partial charge < -0.3 is 4.74 Å². The first-order valence-corrected chi connectivity index (χ1v) is 6.29. The van der Waals surface area contributed by atoms with E-state index in [0.717, 1.165) is 11.3 Å². The molecule has 0 fully saturated rings. The molecule has 0 aliphatic carbocycles. The van der Waals surface area contributed by atoms with Gasteiger partial charge in [0.2, 0.25) is 0 Å². The zero-order chi connectivity index (χ0) is 14.0. The molecule has 5 heteroatoms. The molecule has 0 radical (unpaired) electrons. The van der Waals surface area contributed by atoms with Gasteiger partial charge in [-0.15, -0.1) is 0 Å². The van der Waals surface area contributed by atoms with E-state index in [9.17, 15) is 4.79 Å². The second-order valence-corrected chi connectivity index (χ2v) is 4.68. The largest absolute Gasteiger partial charge is 0.488 e. The Morgan fingerprint density at radius 2 is 2.11 bits per heavy atom. The highest BCUT2D eigenvalue weighted by Gasteiger charge is 2.13. The first-order valence-electron chi connectivity index (χ1n) is 5.91. The second-order valence-electron chi connectivity index (χ2n) is 4.32. The minimum Gasteiger partial charge on any atom is -0.488 e. The first-order chi connectivity index (χ1) is 9.00. The Morgan fingerprint density at radius 3 is 2.68 bits per heavy atom. The molecule has 0 bridgehead atoms. The summed E-state index contributed by atoms with van der Waals surface area (Å²) in [6.45, 7) is 3.69. The molecule has 19 heavy (non-hydrogen) atoms. The highest BCUT2D eigenvalue weighted by atomic mass is 35.5. The number of benzene rings is 1. The van der Waals surface area contributed by atoms with Crippen LogP contribution in [-0.2, 0) is 13.7 Å². The van der Waals surface area contributed by atoms with E-state index in [0.29, 0.717) is 23.1 Å². The quantitative estimate of drug-likeness (QED) is 0.807. The molecule has 1 aromatic carbocycles. The Labute approximate surface area is 116 Å². The zero-order valence-corrected chi connectivity index (χ0v) is 11.9. The van der Waals surface area contributed by atoms with Crippen molar-refractivity contribution in [2.75, 3.05) is 0 Å². The molecule has 2 rings (SSSR count). The van der Waals surface area contributed by atoms with Crippen LogP contribution in [0.2, 0.25) is 5.15 Å². The van der Waals surface area contributed by atoms with Gasteiger partial charge in [0.25, 0.3) is 0 Å². The lowest BCUT2D eigenvalue weighted by atomic mass is 10.1. The normalized spacial score (nSPS) is 10.5. The number of ether oxygens (including phenoxy) is 1. The lowest BCUT2D eigenvalue weighted by Gasteiger charge is -2.09. The lowest BCUT2D eigenvalue weighted by molar-refractivity contribution is 0.101. The maximum atomic E-state index is 11.5. The fourth-order valence-electron chi connectivity index (χ4n) is 1.87. The lowest BCUT2D eigenvalue weighted by Crippen LogP contribution is -2.02. The van der Waals surface area contributed by atoms with Crippen LogP contribution in [0, 0.1) is 6.92 Å². The van der Waals surface area contributed by atoms with Crippen LogP contribution in [0.5, 0.6) is 5.75 Å². The Kier molecular flexibility index (Phi) is 3.90. The minimum atomic E-state index is -0.0235. The average molecular weight is 279 g/mol. The van der Waals surface area contributed by atoms with Gasteiger partial charge in [0.05, 0.1) is 11.3 Å². The van der Waals surface area contributed by atoms with Crippen molar-refractivity contribution in [3.8, 4) is 5.75 Å². The number of rotatable bonds is 4. The van der Waals surface area contributed by atoms with Crippen LogP contribution < -0.4 is 4.74 Å². The minimum absolute atomic E-state index is 0.0235. The summed E-state index contributed by atoms with van der Waals surface area (Å²) in [7, 11) is 1.78. The van der Waals surface area contributed by atoms with Gasteiger partial charge in [-0.1, -0.05) is 23.7 Å². The standard InChI is InChI=1S/C14H15ClN2O2/c1-9-12(14(15)17(3)16-9)8-19-13-7-5-4-6-11(13)10(2)18/h4-7H,8H2,1-3H3. The number of aryl methyl sites for hydroxylation is 2. The molecular weight excluding hydrogens is 264 g/mol. The predicted molar refractivity (Wildman–Crippen MR) is 73.7 cm³/mol. The number of Topliss-reactive ketones (excluding diaryl/α,β-unsaturated/α-hetero) is 1. The molecule has 0 N–H and O–H groups in total. The van der Waals surface area contributed by atoms with E-state index in [4.69, 9.17) is 16.3 Å². The number of carbonyl (C=O) groups is 1. The van der Waals surface area contributed by atoms with Gasteiger partial charge in [-0.05, 0) is 26.0 Å². The molecule has 0 aliphatic rings. The molecule has 0 unspecified atom stereocenters. The van der Waals surface area contributed by atoms with Crippen LogP contribution in [0.1, 0.15) is 28.5 Å². The number of nitrogens with zero attached hydrogens (tertiary/aromatic N) is 2. The van der Waals surface area contributed by atoms with Crippen LogP contribution in [0.25, 0.3) is 0 Å². The third kappa shape index (κ3) is 2.79. The number of para-hydroxylation sites is 1. The van der Waals surface area contributed by atoms with E-state index in [1.54, 1.807) is 23.9 Å². The summed E-state index contributed by atoms with van der Waals surface area (Å²) >= 11 is 6.14. The Bertz CT molecular complexity index is 620. The van der Waals surface area contributed by atoms with Crippen molar-refractivity contribution in [3.63, 3.8) is 0 Å². The third-order valence-electron chi connectivity index (χ3n) is 2.91. The number of hydrogen-bond donors (Lipinski definition) is 0. The molecular formula is C14H15ClN2O2. The number of halogens is 1. The van der Waals surface area contributed by atoms with Crippen LogP contribution in [-0.4, -0.2) is 15.6 Å². The summed E-state index contributed by atoms with van der Waals surface area (Å²) in [6, 6.07) is 7.16. The van der Waals surface area contributed by atoms with E-state index in [2.05, 4.69) is 5.10 Å². The molecule has 0 aliphatic heterocycles. The summed E-state index contributed by atoms with van der Waals surface area (Å²) in [5.74, 6) is 0.541.